The van der Waals surface area contributed by atoms with Crippen LogP contribution in [0.5, 0.6) is 0 Å². The van der Waals surface area contributed by atoms with Gasteiger partial charge in [0.05, 0.1) is 18.6 Å². The third-order valence-electron chi connectivity index (χ3n) is 5.95. The van der Waals surface area contributed by atoms with Crippen molar-refractivity contribution in [2.24, 2.45) is 23.2 Å². The van der Waals surface area contributed by atoms with Gasteiger partial charge in [-0.3, -0.25) is 0 Å². The molecule has 0 aliphatic heterocycles. The number of alkyl halides is 6. The Bertz CT molecular complexity index is 529. The van der Waals surface area contributed by atoms with Crippen LogP contribution in [0.25, 0.3) is 0 Å². The molecule has 0 amide bonds. The highest BCUT2D eigenvalue weighted by atomic mass is 32.2. The standard InChI is InChI=1S/C15H18F6O5S/c16-14(17,18)13(15(19,20)21,27-26-25-23)11(22)24-7-12-4-8-1-9(5-12)3-10(2-8)6-12/h8-10,23H,1-7H2. The lowest BCUT2D eigenvalue weighted by molar-refractivity contribution is -0.434. The summed E-state index contributed by atoms with van der Waals surface area (Å²) < 4.78 is 82.6. The van der Waals surface area contributed by atoms with Crippen LogP contribution in [0.15, 0.2) is 0 Å². The fourth-order valence-corrected chi connectivity index (χ4v) is 5.82. The van der Waals surface area contributed by atoms with Crippen LogP contribution < -0.4 is 0 Å². The number of rotatable bonds is 6. The van der Waals surface area contributed by atoms with Gasteiger partial charge in [0.1, 0.15) is 0 Å². The van der Waals surface area contributed by atoms with Crippen molar-refractivity contribution in [1.82, 2.24) is 0 Å². The lowest BCUT2D eigenvalue weighted by atomic mass is 9.50. The Morgan fingerprint density at radius 1 is 0.963 bits per heavy atom. The Kier molecular flexibility index (Phi) is 5.41. The van der Waals surface area contributed by atoms with E-state index in [1.165, 1.54) is 0 Å². The van der Waals surface area contributed by atoms with Gasteiger partial charge < -0.3 is 4.74 Å². The highest BCUT2D eigenvalue weighted by molar-refractivity contribution is 7.96. The fraction of sp³-hybridized carbons (Fsp3) is 0.933. The summed E-state index contributed by atoms with van der Waals surface area (Å²) in [7, 11) is 0. The molecule has 0 heterocycles. The molecule has 0 unspecified atom stereocenters. The summed E-state index contributed by atoms with van der Waals surface area (Å²) >= 11 is -1.39. The molecule has 4 aliphatic rings. The van der Waals surface area contributed by atoms with Gasteiger partial charge in [-0.1, -0.05) is 5.04 Å². The van der Waals surface area contributed by atoms with Crippen molar-refractivity contribution in [1.29, 1.82) is 0 Å². The van der Waals surface area contributed by atoms with E-state index in [0.717, 1.165) is 19.3 Å². The van der Waals surface area contributed by atoms with E-state index >= 15 is 0 Å². The molecule has 12 heteroatoms. The molecule has 5 nitrogen and oxygen atoms in total. The molecule has 1 N–H and O–H groups in total. The summed E-state index contributed by atoms with van der Waals surface area (Å²) in [6.07, 6.45) is -7.22. The molecule has 4 rings (SSSR count). The van der Waals surface area contributed by atoms with Crippen LogP contribution in [-0.2, 0) is 18.9 Å². The van der Waals surface area contributed by atoms with Gasteiger partial charge in [0.25, 0.3) is 0 Å². The number of hydrogen-bond acceptors (Lipinski definition) is 6. The van der Waals surface area contributed by atoms with Crippen molar-refractivity contribution in [2.75, 3.05) is 6.61 Å². The summed E-state index contributed by atoms with van der Waals surface area (Å²) in [5.41, 5.74) is -0.563. The molecule has 0 saturated heterocycles. The second-order valence-electron chi connectivity index (χ2n) is 7.90. The topological polar surface area (TPSA) is 65.0 Å². The van der Waals surface area contributed by atoms with Gasteiger partial charge in [-0.25, -0.2) is 10.1 Å². The maximum atomic E-state index is 13.3. The normalized spacial score (nSPS) is 33.4. The Balaban J connectivity index is 1.78. The van der Waals surface area contributed by atoms with Crippen LogP contribution in [0.4, 0.5) is 26.3 Å². The van der Waals surface area contributed by atoms with Crippen LogP contribution >= 0.6 is 12.0 Å². The average Bonchev–Trinajstić information content (AvgIpc) is 2.49. The van der Waals surface area contributed by atoms with Gasteiger partial charge in [-0.15, -0.1) is 4.33 Å². The summed E-state index contributed by atoms with van der Waals surface area (Å²) in [4.78, 5) is 12.1. The quantitative estimate of drug-likeness (QED) is 0.220. The number of hydrogen-bond donors (Lipinski definition) is 1. The van der Waals surface area contributed by atoms with Crippen molar-refractivity contribution >= 4 is 18.0 Å². The Morgan fingerprint density at radius 3 is 1.78 bits per heavy atom. The van der Waals surface area contributed by atoms with Crippen LogP contribution in [0.1, 0.15) is 38.5 Å². The molecule has 156 valence electrons. The zero-order chi connectivity index (χ0) is 20.1. The molecule has 0 aromatic heterocycles. The second-order valence-corrected chi connectivity index (χ2v) is 8.81. The van der Waals surface area contributed by atoms with Gasteiger partial charge >= 0.3 is 23.1 Å². The molecule has 4 fully saturated rings. The lowest BCUT2D eigenvalue weighted by Gasteiger charge is -2.56. The molecule has 4 aliphatic carbocycles. The number of carbonyl (C=O) groups excluding carboxylic acids is 1. The minimum absolute atomic E-state index is 0.380. The third-order valence-corrected chi connectivity index (χ3v) is 6.96. The van der Waals surface area contributed by atoms with Gasteiger partial charge in [-0.05, 0) is 56.3 Å². The van der Waals surface area contributed by atoms with Gasteiger partial charge in [0.2, 0.25) is 0 Å². The largest absolute Gasteiger partial charge is 0.463 e. The third kappa shape index (κ3) is 3.65. The first-order valence-corrected chi connectivity index (χ1v) is 9.13. The summed E-state index contributed by atoms with van der Waals surface area (Å²) in [6, 6.07) is 0. The van der Waals surface area contributed by atoms with E-state index in [2.05, 4.69) is 14.1 Å². The molecule has 4 saturated carbocycles. The highest BCUT2D eigenvalue weighted by Crippen LogP contribution is 2.60. The molecular formula is C15H18F6O5S. The van der Waals surface area contributed by atoms with E-state index in [9.17, 15) is 31.1 Å². The van der Waals surface area contributed by atoms with E-state index in [-0.39, 0.29) is 0 Å². The summed E-state index contributed by atoms with van der Waals surface area (Å²) in [6.45, 7) is -0.496. The number of ether oxygens (including phenoxy) is 1. The van der Waals surface area contributed by atoms with Crippen LogP contribution in [0.2, 0.25) is 0 Å². The molecular weight excluding hydrogens is 406 g/mol. The Labute approximate surface area is 154 Å². The minimum Gasteiger partial charge on any atom is -0.463 e. The van der Waals surface area contributed by atoms with E-state index in [4.69, 9.17) is 5.26 Å². The fourth-order valence-electron chi connectivity index (χ4n) is 5.37. The summed E-state index contributed by atoms with van der Waals surface area (Å²) in [5, 5.41) is 10.9. The van der Waals surface area contributed by atoms with Gasteiger partial charge in [-0.2, -0.15) is 26.3 Å². The van der Waals surface area contributed by atoms with Gasteiger partial charge in [0.15, 0.2) is 0 Å². The maximum Gasteiger partial charge on any atom is 0.425 e. The van der Waals surface area contributed by atoms with Crippen LogP contribution in [-0.4, -0.2) is 34.9 Å². The lowest BCUT2D eigenvalue weighted by Crippen LogP contribution is -2.61. The monoisotopic (exact) mass is 424 g/mol. The first-order chi connectivity index (χ1) is 12.4. The number of carbonyl (C=O) groups is 1. The van der Waals surface area contributed by atoms with Gasteiger partial charge in [0, 0.05) is 5.41 Å². The van der Waals surface area contributed by atoms with Crippen molar-refractivity contribution in [3.05, 3.63) is 0 Å². The molecule has 27 heavy (non-hydrogen) atoms. The predicted octanol–water partition coefficient (Wildman–Crippen LogP) is 4.68. The zero-order valence-corrected chi connectivity index (χ0v) is 14.8. The first kappa shape index (κ1) is 21.0. The molecule has 4 bridgehead atoms. The van der Waals surface area contributed by atoms with Crippen molar-refractivity contribution in [3.8, 4) is 0 Å². The predicted molar refractivity (Wildman–Crippen MR) is 78.8 cm³/mol. The second kappa shape index (κ2) is 6.96. The van der Waals surface area contributed by atoms with Crippen LogP contribution in [0.3, 0.4) is 0 Å². The smallest absolute Gasteiger partial charge is 0.425 e. The number of halogens is 6. The molecule has 0 atom stereocenters. The van der Waals surface area contributed by atoms with Crippen molar-refractivity contribution < 1.29 is 50.5 Å². The Morgan fingerprint density at radius 2 is 1.41 bits per heavy atom. The first-order valence-electron chi connectivity index (χ1n) is 8.39. The van der Waals surface area contributed by atoms with E-state index in [1.54, 1.807) is 0 Å². The SMILES string of the molecule is O=C(OCC12CC3CC(CC(C3)C1)C2)C(SOOO)(C(F)(F)F)C(F)(F)F. The number of esters is 1. The molecule has 0 aromatic carbocycles. The van der Waals surface area contributed by atoms with Crippen molar-refractivity contribution in [3.63, 3.8) is 0 Å². The van der Waals surface area contributed by atoms with E-state index < -0.39 is 47.1 Å². The zero-order valence-electron chi connectivity index (χ0n) is 13.9. The Hall–Kier alpha value is -0.720. The van der Waals surface area contributed by atoms with Crippen molar-refractivity contribution in [2.45, 2.75) is 55.6 Å². The molecule has 0 spiro atoms. The average molecular weight is 424 g/mol. The highest BCUT2D eigenvalue weighted by Gasteiger charge is 2.79. The minimum atomic E-state index is -6.09. The maximum absolute atomic E-state index is 13.3. The van der Waals surface area contributed by atoms with E-state index in [0.29, 0.717) is 37.0 Å². The summed E-state index contributed by atoms with van der Waals surface area (Å²) in [5.74, 6) is -1.39. The van der Waals surface area contributed by atoms with E-state index in [1.807, 2.05) is 0 Å². The molecule has 0 radical (unpaired) electrons. The van der Waals surface area contributed by atoms with Crippen LogP contribution in [0, 0.1) is 23.2 Å². The molecule has 0 aromatic rings.